The highest BCUT2D eigenvalue weighted by atomic mass is 35.5. The number of halogens is 2. The molecule has 0 fully saturated rings. The first-order valence-corrected chi connectivity index (χ1v) is 5.69. The second-order valence-electron chi connectivity index (χ2n) is 3.24. The first-order valence-electron chi connectivity index (χ1n) is 4.78. The summed E-state index contributed by atoms with van der Waals surface area (Å²) in [6, 6.07) is 1.34. The molecule has 0 bridgehead atoms. The van der Waals surface area contributed by atoms with Gasteiger partial charge in [-0.1, -0.05) is 18.5 Å². The molecule has 0 saturated heterocycles. The van der Waals surface area contributed by atoms with Crippen molar-refractivity contribution in [2.24, 2.45) is 0 Å². The van der Waals surface area contributed by atoms with Crippen molar-refractivity contribution in [3.63, 3.8) is 0 Å². The average Bonchev–Trinajstić information content (AvgIpc) is 2.25. The van der Waals surface area contributed by atoms with E-state index in [0.29, 0.717) is 17.1 Å². The average molecular weight is 263 g/mol. The van der Waals surface area contributed by atoms with Gasteiger partial charge in [0.1, 0.15) is 0 Å². The largest absolute Gasteiger partial charge is 0.465 e. The summed E-state index contributed by atoms with van der Waals surface area (Å²) in [6.07, 6.45) is 1.01. The van der Waals surface area contributed by atoms with E-state index in [0.717, 1.165) is 5.56 Å². The van der Waals surface area contributed by atoms with Gasteiger partial charge in [0, 0.05) is 12.1 Å². The summed E-state index contributed by atoms with van der Waals surface area (Å²) in [7, 11) is 0. The molecule has 0 aliphatic heterocycles. The van der Waals surface area contributed by atoms with Gasteiger partial charge in [0.25, 0.3) is 0 Å². The van der Waals surface area contributed by atoms with E-state index >= 15 is 0 Å². The maximum Gasteiger partial charge on any atom is 0.405 e. The minimum absolute atomic E-state index is 0.251. The number of hydrogen-bond donors (Lipinski definition) is 2. The molecule has 1 amide bonds. The number of nitrogens with one attached hydrogen (secondary N) is 1. The van der Waals surface area contributed by atoms with Gasteiger partial charge in [-0.2, -0.15) is 0 Å². The van der Waals surface area contributed by atoms with E-state index < -0.39 is 6.09 Å². The Kier molecular flexibility index (Phi) is 4.83. The summed E-state index contributed by atoms with van der Waals surface area (Å²) in [5.74, 6) is 0.251. The molecule has 0 saturated carbocycles. The first kappa shape index (κ1) is 13.1. The summed E-state index contributed by atoms with van der Waals surface area (Å²) in [5, 5.41) is 11.6. The van der Waals surface area contributed by atoms with Gasteiger partial charge in [0.15, 0.2) is 0 Å². The number of amides is 1. The number of pyridine rings is 1. The van der Waals surface area contributed by atoms with Crippen molar-refractivity contribution in [1.29, 1.82) is 0 Å². The van der Waals surface area contributed by atoms with Crippen molar-refractivity contribution in [1.82, 2.24) is 10.3 Å². The minimum Gasteiger partial charge on any atom is -0.465 e. The normalized spacial score (nSPS) is 12.2. The van der Waals surface area contributed by atoms with Crippen LogP contribution < -0.4 is 5.32 Å². The van der Waals surface area contributed by atoms with Crippen LogP contribution in [0.4, 0.5) is 4.79 Å². The van der Waals surface area contributed by atoms with Crippen LogP contribution in [-0.4, -0.2) is 16.2 Å². The monoisotopic (exact) mass is 262 g/mol. The second-order valence-corrected chi connectivity index (χ2v) is 3.95. The Balaban J connectivity index is 3.03. The Morgan fingerprint density at radius 2 is 2.38 bits per heavy atom. The molecule has 0 radical (unpaired) electrons. The van der Waals surface area contributed by atoms with Crippen LogP contribution in [0.15, 0.2) is 12.3 Å². The fourth-order valence-electron chi connectivity index (χ4n) is 1.43. The SMILES string of the molecule is CCC(NC(=O)O)c1ncc(Cl)cc1CCl. The molecule has 0 aliphatic carbocycles. The standard InChI is InChI=1S/C10H12Cl2N2O2/c1-2-8(14-10(15)16)9-6(4-11)3-7(12)5-13-9/h3,5,8,14H,2,4H2,1H3,(H,15,16). The van der Waals surface area contributed by atoms with Gasteiger partial charge in [0.2, 0.25) is 0 Å². The van der Waals surface area contributed by atoms with Crippen LogP contribution in [0.25, 0.3) is 0 Å². The van der Waals surface area contributed by atoms with Crippen LogP contribution in [0.2, 0.25) is 5.02 Å². The number of rotatable bonds is 4. The van der Waals surface area contributed by atoms with Gasteiger partial charge >= 0.3 is 6.09 Å². The zero-order chi connectivity index (χ0) is 12.1. The molecule has 1 aromatic rings. The van der Waals surface area contributed by atoms with Crippen LogP contribution in [0.5, 0.6) is 0 Å². The summed E-state index contributed by atoms with van der Waals surface area (Å²) >= 11 is 11.6. The van der Waals surface area contributed by atoms with Gasteiger partial charge in [-0.3, -0.25) is 4.98 Å². The minimum atomic E-state index is -1.08. The van der Waals surface area contributed by atoms with Gasteiger partial charge in [-0.25, -0.2) is 4.79 Å². The van der Waals surface area contributed by atoms with E-state index in [-0.39, 0.29) is 11.9 Å². The zero-order valence-corrected chi connectivity index (χ0v) is 10.2. The highest BCUT2D eigenvalue weighted by Crippen LogP contribution is 2.22. The number of carboxylic acid groups (broad SMARTS) is 1. The Hall–Kier alpha value is -1.000. The van der Waals surface area contributed by atoms with Crippen molar-refractivity contribution in [3.05, 3.63) is 28.5 Å². The molecule has 0 spiro atoms. The van der Waals surface area contributed by atoms with E-state index in [9.17, 15) is 4.79 Å². The van der Waals surface area contributed by atoms with E-state index in [2.05, 4.69) is 10.3 Å². The zero-order valence-electron chi connectivity index (χ0n) is 8.70. The molecule has 1 atom stereocenters. The van der Waals surface area contributed by atoms with Crippen molar-refractivity contribution in [2.45, 2.75) is 25.3 Å². The Morgan fingerprint density at radius 1 is 1.69 bits per heavy atom. The molecule has 6 heteroatoms. The molecule has 1 unspecified atom stereocenters. The van der Waals surface area contributed by atoms with E-state index in [1.807, 2.05) is 6.92 Å². The van der Waals surface area contributed by atoms with Crippen LogP contribution >= 0.6 is 23.2 Å². The lowest BCUT2D eigenvalue weighted by atomic mass is 10.1. The Bertz CT molecular complexity index is 385. The van der Waals surface area contributed by atoms with Crippen molar-refractivity contribution >= 4 is 29.3 Å². The smallest absolute Gasteiger partial charge is 0.405 e. The van der Waals surface area contributed by atoms with Crippen molar-refractivity contribution < 1.29 is 9.90 Å². The van der Waals surface area contributed by atoms with Gasteiger partial charge in [-0.05, 0) is 18.1 Å². The number of alkyl halides is 1. The molecule has 0 aromatic carbocycles. The fraction of sp³-hybridized carbons (Fsp3) is 0.400. The molecular formula is C10H12Cl2N2O2. The maximum atomic E-state index is 10.6. The lowest BCUT2D eigenvalue weighted by Gasteiger charge is -2.17. The molecule has 88 valence electrons. The predicted molar refractivity (Wildman–Crippen MR) is 63.0 cm³/mol. The highest BCUT2D eigenvalue weighted by Gasteiger charge is 2.17. The molecule has 1 aromatic heterocycles. The van der Waals surface area contributed by atoms with E-state index in [4.69, 9.17) is 28.3 Å². The third-order valence-electron chi connectivity index (χ3n) is 2.15. The number of nitrogens with zero attached hydrogens (tertiary/aromatic N) is 1. The lowest BCUT2D eigenvalue weighted by Crippen LogP contribution is -2.27. The Labute approximate surface area is 104 Å². The summed E-state index contributed by atoms with van der Waals surface area (Å²) < 4.78 is 0. The van der Waals surface area contributed by atoms with E-state index in [1.165, 1.54) is 6.20 Å². The number of hydrogen-bond acceptors (Lipinski definition) is 2. The van der Waals surface area contributed by atoms with Gasteiger partial charge in [-0.15, -0.1) is 11.6 Å². The molecular weight excluding hydrogens is 251 g/mol. The Morgan fingerprint density at radius 3 is 2.88 bits per heavy atom. The molecule has 2 N–H and O–H groups in total. The summed E-state index contributed by atoms with van der Waals surface area (Å²) in [6.45, 7) is 1.87. The van der Waals surface area contributed by atoms with Crippen LogP contribution in [0.1, 0.15) is 30.6 Å². The highest BCUT2D eigenvalue weighted by molar-refractivity contribution is 6.30. The molecule has 4 nitrogen and oxygen atoms in total. The van der Waals surface area contributed by atoms with Crippen molar-refractivity contribution in [3.8, 4) is 0 Å². The topological polar surface area (TPSA) is 62.2 Å². The molecule has 1 heterocycles. The molecule has 1 rings (SSSR count). The summed E-state index contributed by atoms with van der Waals surface area (Å²) in [5.41, 5.74) is 1.37. The third-order valence-corrected chi connectivity index (χ3v) is 2.64. The molecule has 16 heavy (non-hydrogen) atoms. The maximum absolute atomic E-state index is 10.6. The van der Waals surface area contributed by atoms with Gasteiger partial charge < -0.3 is 10.4 Å². The van der Waals surface area contributed by atoms with E-state index in [1.54, 1.807) is 6.07 Å². The van der Waals surface area contributed by atoms with Crippen LogP contribution in [0, 0.1) is 0 Å². The van der Waals surface area contributed by atoms with Gasteiger partial charge in [0.05, 0.1) is 16.8 Å². The lowest BCUT2D eigenvalue weighted by molar-refractivity contribution is 0.189. The van der Waals surface area contributed by atoms with Crippen molar-refractivity contribution in [2.75, 3.05) is 0 Å². The number of carbonyl (C=O) groups is 1. The molecule has 0 aliphatic rings. The third kappa shape index (κ3) is 3.25. The fourth-order valence-corrected chi connectivity index (χ4v) is 1.82. The summed E-state index contributed by atoms with van der Waals surface area (Å²) in [4.78, 5) is 14.7. The number of aromatic nitrogens is 1. The quantitative estimate of drug-likeness (QED) is 0.820. The van der Waals surface area contributed by atoms with Crippen LogP contribution in [-0.2, 0) is 5.88 Å². The van der Waals surface area contributed by atoms with Crippen LogP contribution in [0.3, 0.4) is 0 Å². The second kappa shape index (κ2) is 5.92. The first-order chi connectivity index (χ1) is 7.58. The predicted octanol–water partition coefficient (Wildman–Crippen LogP) is 3.19.